The summed E-state index contributed by atoms with van der Waals surface area (Å²) in [5.74, 6) is -0.465. The predicted molar refractivity (Wildman–Crippen MR) is 78.9 cm³/mol. The molecule has 0 saturated carbocycles. The van der Waals surface area contributed by atoms with Gasteiger partial charge in [-0.3, -0.25) is 0 Å². The van der Waals surface area contributed by atoms with E-state index in [0.717, 1.165) is 5.56 Å². The molecule has 0 aliphatic heterocycles. The first-order chi connectivity index (χ1) is 9.47. The second-order valence-electron chi connectivity index (χ2n) is 4.78. The van der Waals surface area contributed by atoms with Crippen LogP contribution in [-0.2, 0) is 6.54 Å². The Labute approximate surface area is 117 Å². The summed E-state index contributed by atoms with van der Waals surface area (Å²) >= 11 is 0. The summed E-state index contributed by atoms with van der Waals surface area (Å²) < 4.78 is 0. The third kappa shape index (κ3) is 3.06. The monoisotopic (exact) mass is 271 g/mol. The summed E-state index contributed by atoms with van der Waals surface area (Å²) in [6.45, 7) is 2.69. The van der Waals surface area contributed by atoms with Gasteiger partial charge in [-0.1, -0.05) is 29.8 Å². The van der Waals surface area contributed by atoms with Crippen molar-refractivity contribution in [2.75, 3.05) is 17.7 Å². The molecule has 0 saturated heterocycles. The van der Waals surface area contributed by atoms with Crippen molar-refractivity contribution in [1.82, 2.24) is 4.98 Å². The largest absolute Gasteiger partial charge is 0.478 e. The zero-order valence-corrected chi connectivity index (χ0v) is 11.5. The minimum atomic E-state index is -1.05. The van der Waals surface area contributed by atoms with Crippen LogP contribution in [0, 0.1) is 6.92 Å². The van der Waals surface area contributed by atoms with E-state index in [2.05, 4.69) is 11.1 Å². The average Bonchev–Trinajstić information content (AvgIpc) is 2.38. The number of nitrogens with zero attached hydrogens (tertiary/aromatic N) is 2. The second-order valence-corrected chi connectivity index (χ2v) is 4.78. The first kappa shape index (κ1) is 13.9. The molecule has 2 rings (SSSR count). The maximum absolute atomic E-state index is 11.1. The number of hydrogen-bond acceptors (Lipinski definition) is 4. The molecule has 0 atom stereocenters. The SMILES string of the molecule is Cc1cccc(CN(C)c2cc(C(=O)O)c(N)cn2)c1. The number of pyridine rings is 1. The van der Waals surface area contributed by atoms with Crippen LogP contribution < -0.4 is 10.6 Å². The molecule has 0 aliphatic carbocycles. The lowest BCUT2D eigenvalue weighted by Gasteiger charge is -2.19. The van der Waals surface area contributed by atoms with Crippen LogP contribution in [-0.4, -0.2) is 23.1 Å². The summed E-state index contributed by atoms with van der Waals surface area (Å²) in [5.41, 5.74) is 8.18. The Balaban J connectivity index is 2.23. The van der Waals surface area contributed by atoms with E-state index in [1.165, 1.54) is 17.8 Å². The fraction of sp³-hybridized carbons (Fsp3) is 0.200. The van der Waals surface area contributed by atoms with Crippen LogP contribution in [0.5, 0.6) is 0 Å². The summed E-state index contributed by atoms with van der Waals surface area (Å²) in [5, 5.41) is 9.07. The Bertz CT molecular complexity index is 641. The smallest absolute Gasteiger partial charge is 0.337 e. The van der Waals surface area contributed by atoms with E-state index >= 15 is 0 Å². The Hall–Kier alpha value is -2.56. The summed E-state index contributed by atoms with van der Waals surface area (Å²) in [6.07, 6.45) is 1.38. The number of nitrogens with two attached hydrogens (primary N) is 1. The van der Waals surface area contributed by atoms with Crippen LogP contribution in [0.3, 0.4) is 0 Å². The fourth-order valence-electron chi connectivity index (χ4n) is 2.01. The number of benzene rings is 1. The molecule has 0 amide bonds. The molecule has 0 bridgehead atoms. The van der Waals surface area contributed by atoms with Crippen LogP contribution in [0.4, 0.5) is 11.5 Å². The second kappa shape index (κ2) is 5.61. The summed E-state index contributed by atoms with van der Waals surface area (Å²) in [6, 6.07) is 9.64. The highest BCUT2D eigenvalue weighted by Gasteiger charge is 2.12. The van der Waals surface area contributed by atoms with Gasteiger partial charge in [-0.25, -0.2) is 9.78 Å². The maximum Gasteiger partial charge on any atom is 0.337 e. The summed E-state index contributed by atoms with van der Waals surface area (Å²) in [7, 11) is 1.87. The first-order valence-electron chi connectivity index (χ1n) is 6.23. The Morgan fingerprint density at radius 2 is 2.15 bits per heavy atom. The highest BCUT2D eigenvalue weighted by atomic mass is 16.4. The van der Waals surface area contributed by atoms with Gasteiger partial charge in [-0.15, -0.1) is 0 Å². The van der Waals surface area contributed by atoms with Crippen molar-refractivity contribution in [3.8, 4) is 0 Å². The van der Waals surface area contributed by atoms with Crippen molar-refractivity contribution < 1.29 is 9.90 Å². The van der Waals surface area contributed by atoms with E-state index in [1.807, 2.05) is 37.1 Å². The van der Waals surface area contributed by atoms with Gasteiger partial charge in [0, 0.05) is 13.6 Å². The number of carboxylic acid groups (broad SMARTS) is 1. The van der Waals surface area contributed by atoms with E-state index < -0.39 is 5.97 Å². The van der Waals surface area contributed by atoms with Gasteiger partial charge in [0.25, 0.3) is 0 Å². The van der Waals surface area contributed by atoms with Crippen molar-refractivity contribution in [3.05, 3.63) is 53.2 Å². The van der Waals surface area contributed by atoms with Gasteiger partial charge in [0.05, 0.1) is 17.4 Å². The molecule has 0 aliphatic rings. The standard InChI is InChI=1S/C15H17N3O2/c1-10-4-3-5-11(6-10)9-18(2)14-7-12(15(19)20)13(16)8-17-14/h3-8H,9,16H2,1-2H3,(H,19,20). The van der Waals surface area contributed by atoms with Gasteiger partial charge >= 0.3 is 5.97 Å². The van der Waals surface area contributed by atoms with E-state index in [4.69, 9.17) is 10.8 Å². The maximum atomic E-state index is 11.1. The molecule has 2 aromatic rings. The van der Waals surface area contributed by atoms with Crippen LogP contribution in [0.1, 0.15) is 21.5 Å². The lowest BCUT2D eigenvalue weighted by Crippen LogP contribution is -2.18. The molecule has 0 unspecified atom stereocenters. The van der Waals surface area contributed by atoms with E-state index in [1.54, 1.807) is 0 Å². The third-order valence-corrected chi connectivity index (χ3v) is 3.04. The molecular formula is C15H17N3O2. The molecule has 1 heterocycles. The molecule has 3 N–H and O–H groups in total. The number of carboxylic acids is 1. The number of nitrogen functional groups attached to an aromatic ring is 1. The molecule has 1 aromatic carbocycles. The highest BCUT2D eigenvalue weighted by Crippen LogP contribution is 2.19. The normalized spacial score (nSPS) is 10.3. The Morgan fingerprint density at radius 3 is 2.80 bits per heavy atom. The number of aryl methyl sites for hydroxylation is 1. The molecule has 20 heavy (non-hydrogen) atoms. The quantitative estimate of drug-likeness (QED) is 0.892. The van der Waals surface area contributed by atoms with Crippen LogP contribution >= 0.6 is 0 Å². The van der Waals surface area contributed by atoms with Crippen molar-refractivity contribution in [2.24, 2.45) is 0 Å². The van der Waals surface area contributed by atoms with Crippen molar-refractivity contribution in [3.63, 3.8) is 0 Å². The lowest BCUT2D eigenvalue weighted by molar-refractivity contribution is 0.0698. The molecular weight excluding hydrogens is 254 g/mol. The van der Waals surface area contributed by atoms with E-state index in [-0.39, 0.29) is 11.3 Å². The average molecular weight is 271 g/mol. The molecule has 0 spiro atoms. The number of rotatable bonds is 4. The molecule has 5 heteroatoms. The zero-order chi connectivity index (χ0) is 14.7. The van der Waals surface area contributed by atoms with Crippen molar-refractivity contribution >= 4 is 17.5 Å². The molecule has 0 radical (unpaired) electrons. The minimum Gasteiger partial charge on any atom is -0.478 e. The predicted octanol–water partition coefficient (Wildman–Crippen LogP) is 2.31. The zero-order valence-electron chi connectivity index (χ0n) is 11.5. The number of hydrogen-bond donors (Lipinski definition) is 2. The molecule has 104 valence electrons. The highest BCUT2D eigenvalue weighted by molar-refractivity contribution is 5.94. The van der Waals surface area contributed by atoms with Gasteiger partial charge in [-0.05, 0) is 18.6 Å². The van der Waals surface area contributed by atoms with Gasteiger partial charge < -0.3 is 15.7 Å². The van der Waals surface area contributed by atoms with Gasteiger partial charge in [0.15, 0.2) is 0 Å². The third-order valence-electron chi connectivity index (χ3n) is 3.04. The van der Waals surface area contributed by atoms with E-state index in [9.17, 15) is 4.79 Å². The Kier molecular flexibility index (Phi) is 3.89. The first-order valence-corrected chi connectivity index (χ1v) is 6.23. The van der Waals surface area contributed by atoms with Crippen molar-refractivity contribution in [1.29, 1.82) is 0 Å². The van der Waals surface area contributed by atoms with Crippen LogP contribution in [0.2, 0.25) is 0 Å². The molecule has 0 fully saturated rings. The van der Waals surface area contributed by atoms with Gasteiger partial charge in [0.2, 0.25) is 0 Å². The topological polar surface area (TPSA) is 79.5 Å². The van der Waals surface area contributed by atoms with Gasteiger partial charge in [0.1, 0.15) is 5.82 Å². The van der Waals surface area contributed by atoms with Gasteiger partial charge in [-0.2, -0.15) is 0 Å². The Morgan fingerprint density at radius 1 is 1.40 bits per heavy atom. The lowest BCUT2D eigenvalue weighted by atomic mass is 10.1. The number of anilines is 2. The minimum absolute atomic E-state index is 0.0751. The summed E-state index contributed by atoms with van der Waals surface area (Å²) in [4.78, 5) is 17.1. The number of carbonyl (C=O) groups is 1. The molecule has 5 nitrogen and oxygen atoms in total. The molecule has 1 aromatic heterocycles. The van der Waals surface area contributed by atoms with E-state index in [0.29, 0.717) is 12.4 Å². The number of aromatic nitrogens is 1. The van der Waals surface area contributed by atoms with Crippen LogP contribution in [0.15, 0.2) is 36.5 Å². The number of aromatic carboxylic acids is 1. The fourth-order valence-corrected chi connectivity index (χ4v) is 2.01. The van der Waals surface area contributed by atoms with Crippen LogP contribution in [0.25, 0.3) is 0 Å². The van der Waals surface area contributed by atoms with Crippen molar-refractivity contribution in [2.45, 2.75) is 13.5 Å².